The van der Waals surface area contributed by atoms with Crippen LogP contribution in [-0.4, -0.2) is 52.5 Å². The molecule has 1 aromatic carbocycles. The Morgan fingerprint density at radius 2 is 1.69 bits per heavy atom. The van der Waals surface area contributed by atoms with E-state index in [1.165, 1.54) is 30.4 Å². The normalized spacial score (nSPS) is 21.9. The number of aromatic nitrogens is 1. The van der Waals surface area contributed by atoms with Crippen molar-refractivity contribution in [2.75, 3.05) is 19.6 Å². The van der Waals surface area contributed by atoms with Crippen molar-refractivity contribution in [3.05, 3.63) is 66.0 Å². The van der Waals surface area contributed by atoms with Crippen LogP contribution in [0.5, 0.6) is 0 Å². The second-order valence-electron chi connectivity index (χ2n) is 8.28. The van der Waals surface area contributed by atoms with E-state index in [0.717, 1.165) is 25.9 Å². The third-order valence-electron chi connectivity index (χ3n) is 6.04. The second kappa shape index (κ2) is 9.99. The molecule has 0 N–H and O–H groups in total. The fraction of sp³-hybridized carbons (Fsp3) is 0.500. The van der Waals surface area contributed by atoms with Crippen LogP contribution in [0, 0.1) is 0 Å². The number of pyridine rings is 1. The summed E-state index contributed by atoms with van der Waals surface area (Å²) in [4.78, 5) is 21.6. The van der Waals surface area contributed by atoms with Crippen LogP contribution in [-0.2, 0) is 22.7 Å². The molecule has 0 unspecified atom stereocenters. The molecule has 2 fully saturated rings. The first-order chi connectivity index (χ1) is 14.3. The molecule has 1 aliphatic carbocycles. The van der Waals surface area contributed by atoms with Crippen LogP contribution in [0.25, 0.3) is 0 Å². The maximum Gasteiger partial charge on any atom is 0.237 e. The van der Waals surface area contributed by atoms with Gasteiger partial charge >= 0.3 is 0 Å². The van der Waals surface area contributed by atoms with Crippen LogP contribution in [0.3, 0.4) is 0 Å². The number of ether oxygens (including phenoxy) is 1. The Labute approximate surface area is 173 Å². The molecule has 2 aliphatic rings. The number of hydrogen-bond acceptors (Lipinski definition) is 4. The quantitative estimate of drug-likeness (QED) is 0.752. The van der Waals surface area contributed by atoms with Crippen LogP contribution < -0.4 is 0 Å². The van der Waals surface area contributed by atoms with E-state index in [-0.39, 0.29) is 12.0 Å². The first-order valence-corrected chi connectivity index (χ1v) is 10.8. The highest BCUT2D eigenvalue weighted by Gasteiger charge is 2.33. The average Bonchev–Trinajstić information content (AvgIpc) is 2.92. The van der Waals surface area contributed by atoms with Crippen molar-refractivity contribution in [2.24, 2.45) is 0 Å². The fourth-order valence-corrected chi connectivity index (χ4v) is 4.52. The summed E-state index contributed by atoms with van der Waals surface area (Å²) in [6, 6.07) is 14.7. The summed E-state index contributed by atoms with van der Waals surface area (Å²) >= 11 is 0. The van der Waals surface area contributed by atoms with Gasteiger partial charge in [0.15, 0.2) is 0 Å². The Morgan fingerprint density at radius 1 is 0.931 bits per heavy atom. The lowest BCUT2D eigenvalue weighted by atomic mass is 9.94. The van der Waals surface area contributed by atoms with Crippen molar-refractivity contribution in [2.45, 2.75) is 57.4 Å². The van der Waals surface area contributed by atoms with Crippen molar-refractivity contribution in [3.63, 3.8) is 0 Å². The van der Waals surface area contributed by atoms with Crippen LogP contribution in [0.1, 0.15) is 43.2 Å². The van der Waals surface area contributed by atoms with Gasteiger partial charge in [0.2, 0.25) is 5.91 Å². The molecule has 1 saturated carbocycles. The predicted octanol–water partition coefficient (Wildman–Crippen LogP) is 3.64. The fourth-order valence-electron chi connectivity index (χ4n) is 4.52. The van der Waals surface area contributed by atoms with E-state index in [4.69, 9.17) is 4.74 Å². The van der Waals surface area contributed by atoms with Gasteiger partial charge in [-0.05, 0) is 36.1 Å². The molecule has 29 heavy (non-hydrogen) atoms. The molecule has 0 spiro atoms. The minimum Gasteiger partial charge on any atom is -0.370 e. The van der Waals surface area contributed by atoms with Crippen LogP contribution >= 0.6 is 0 Å². The van der Waals surface area contributed by atoms with Crippen LogP contribution in [0.2, 0.25) is 0 Å². The van der Waals surface area contributed by atoms with Crippen molar-refractivity contribution in [3.8, 4) is 0 Å². The molecule has 4 rings (SSSR count). The number of amides is 1. The van der Waals surface area contributed by atoms with Gasteiger partial charge in [-0.25, -0.2) is 0 Å². The predicted molar refractivity (Wildman–Crippen MR) is 113 cm³/mol. The van der Waals surface area contributed by atoms with Gasteiger partial charge < -0.3 is 9.64 Å². The molecule has 1 atom stereocenters. The summed E-state index contributed by atoms with van der Waals surface area (Å²) in [6.07, 6.45) is 9.64. The lowest BCUT2D eigenvalue weighted by molar-refractivity contribution is -0.135. The van der Waals surface area contributed by atoms with Crippen molar-refractivity contribution in [1.29, 1.82) is 0 Å². The molecule has 1 saturated heterocycles. The van der Waals surface area contributed by atoms with Crippen LogP contribution in [0.4, 0.5) is 0 Å². The van der Waals surface area contributed by atoms with Crippen LogP contribution in [0.15, 0.2) is 54.9 Å². The van der Waals surface area contributed by atoms with E-state index < -0.39 is 0 Å². The summed E-state index contributed by atoms with van der Waals surface area (Å²) in [5, 5.41) is 0. The Kier molecular flexibility index (Phi) is 6.91. The van der Waals surface area contributed by atoms with Gasteiger partial charge in [-0.1, -0.05) is 49.6 Å². The number of carbonyl (C=O) groups excluding carboxylic acids is 1. The minimum atomic E-state index is 0.0189. The molecule has 5 nitrogen and oxygen atoms in total. The maximum absolute atomic E-state index is 13.2. The molecule has 2 heterocycles. The van der Waals surface area contributed by atoms with Crippen molar-refractivity contribution < 1.29 is 9.53 Å². The number of benzene rings is 1. The molecule has 5 heteroatoms. The van der Waals surface area contributed by atoms with E-state index in [9.17, 15) is 4.79 Å². The summed E-state index contributed by atoms with van der Waals surface area (Å²) in [7, 11) is 0. The highest BCUT2D eigenvalue weighted by atomic mass is 16.5. The molecule has 1 amide bonds. The number of rotatable bonds is 6. The molecule has 2 aromatic rings. The Balaban J connectivity index is 1.47. The van der Waals surface area contributed by atoms with E-state index in [2.05, 4.69) is 26.9 Å². The van der Waals surface area contributed by atoms with Gasteiger partial charge in [0.25, 0.3) is 0 Å². The summed E-state index contributed by atoms with van der Waals surface area (Å²) in [6.45, 7) is 3.26. The summed E-state index contributed by atoms with van der Waals surface area (Å²) in [5.74, 6) is 0.247. The largest absolute Gasteiger partial charge is 0.370 e. The molecule has 1 aliphatic heterocycles. The molecular formula is C24H31N3O2. The second-order valence-corrected chi connectivity index (χ2v) is 8.28. The zero-order chi connectivity index (χ0) is 19.9. The topological polar surface area (TPSA) is 45.7 Å². The van der Waals surface area contributed by atoms with Gasteiger partial charge in [-0.15, -0.1) is 0 Å². The maximum atomic E-state index is 13.2. The summed E-state index contributed by atoms with van der Waals surface area (Å²) in [5.41, 5.74) is 2.36. The monoisotopic (exact) mass is 393 g/mol. The number of hydrogen-bond donors (Lipinski definition) is 0. The van der Waals surface area contributed by atoms with Gasteiger partial charge in [-0.3, -0.25) is 14.7 Å². The molecular weight excluding hydrogens is 362 g/mol. The third kappa shape index (κ3) is 5.64. The first-order valence-electron chi connectivity index (χ1n) is 10.8. The zero-order valence-electron chi connectivity index (χ0n) is 17.1. The molecule has 1 aromatic heterocycles. The minimum absolute atomic E-state index is 0.0189. The third-order valence-corrected chi connectivity index (χ3v) is 6.04. The molecule has 154 valence electrons. The highest BCUT2D eigenvalue weighted by molar-refractivity contribution is 5.79. The number of nitrogens with zero attached hydrogens (tertiary/aromatic N) is 3. The van der Waals surface area contributed by atoms with Gasteiger partial charge in [-0.2, -0.15) is 0 Å². The highest BCUT2D eigenvalue weighted by Crippen LogP contribution is 2.25. The van der Waals surface area contributed by atoms with Gasteiger partial charge in [0, 0.05) is 38.1 Å². The summed E-state index contributed by atoms with van der Waals surface area (Å²) < 4.78 is 6.34. The SMILES string of the molecule is O=C1CN(Cc2ccncc2)C[C@@H](OCc2ccccc2)CN1C1CCCCC1. The standard InChI is InChI=1S/C24H31N3O2/c28-24-18-26(15-20-11-13-25-14-12-20)16-23(29-19-21-7-3-1-4-8-21)17-27(24)22-9-5-2-6-10-22/h1,3-4,7-8,11-14,22-23H,2,5-6,9-10,15-19H2/t23-/m1/s1. The van der Waals surface area contributed by atoms with Gasteiger partial charge in [0.05, 0.1) is 19.3 Å². The zero-order valence-corrected chi connectivity index (χ0v) is 17.1. The van der Waals surface area contributed by atoms with Gasteiger partial charge in [0.1, 0.15) is 0 Å². The first kappa shape index (κ1) is 20.0. The Bertz CT molecular complexity index is 762. The van der Waals surface area contributed by atoms with Crippen molar-refractivity contribution in [1.82, 2.24) is 14.8 Å². The van der Waals surface area contributed by atoms with E-state index in [1.54, 1.807) is 0 Å². The van der Waals surface area contributed by atoms with E-state index in [0.29, 0.717) is 25.7 Å². The Morgan fingerprint density at radius 3 is 2.45 bits per heavy atom. The van der Waals surface area contributed by atoms with E-state index >= 15 is 0 Å². The average molecular weight is 394 g/mol. The number of carbonyl (C=O) groups is 1. The lowest BCUT2D eigenvalue weighted by Crippen LogP contribution is -2.45. The molecule has 0 radical (unpaired) electrons. The Hall–Kier alpha value is -2.24. The van der Waals surface area contributed by atoms with E-state index in [1.807, 2.05) is 42.7 Å². The van der Waals surface area contributed by atoms with Crippen molar-refractivity contribution >= 4 is 5.91 Å². The smallest absolute Gasteiger partial charge is 0.237 e. The lowest BCUT2D eigenvalue weighted by Gasteiger charge is -2.35. The molecule has 0 bridgehead atoms.